The Labute approximate surface area is 155 Å². The number of aromatic hydroxyl groups is 2. The highest BCUT2D eigenvalue weighted by molar-refractivity contribution is 5.87. The second-order valence-electron chi connectivity index (χ2n) is 6.18. The molecule has 1 aromatic carbocycles. The zero-order valence-electron chi connectivity index (χ0n) is 14.8. The fourth-order valence-electron chi connectivity index (χ4n) is 2.58. The first-order valence-electron chi connectivity index (χ1n) is 8.38. The van der Waals surface area contributed by atoms with E-state index in [1.54, 1.807) is 6.92 Å². The number of esters is 1. The van der Waals surface area contributed by atoms with Crippen molar-refractivity contribution >= 4 is 18.2 Å². The summed E-state index contributed by atoms with van der Waals surface area (Å²) in [5, 5.41) is 38.0. The van der Waals surface area contributed by atoms with E-state index in [1.165, 1.54) is 24.3 Å². The Morgan fingerprint density at radius 2 is 1.74 bits per heavy atom. The van der Waals surface area contributed by atoms with Crippen LogP contribution in [0, 0.1) is 0 Å². The molecule has 148 valence electrons. The van der Waals surface area contributed by atoms with Crippen molar-refractivity contribution in [3.63, 3.8) is 0 Å². The first-order chi connectivity index (χ1) is 12.6. The summed E-state index contributed by atoms with van der Waals surface area (Å²) in [5.74, 6) is -5.07. The lowest BCUT2D eigenvalue weighted by Crippen LogP contribution is -2.48. The lowest BCUT2D eigenvalue weighted by molar-refractivity contribution is -0.267. The molecule has 0 unspecified atom stereocenters. The second kappa shape index (κ2) is 8.28. The van der Waals surface area contributed by atoms with Crippen LogP contribution in [0.5, 0.6) is 11.5 Å². The van der Waals surface area contributed by atoms with Crippen molar-refractivity contribution in [3.8, 4) is 11.5 Å². The monoisotopic (exact) mass is 382 g/mol. The predicted octanol–water partition coefficient (Wildman–Crippen LogP) is 1.78. The van der Waals surface area contributed by atoms with Gasteiger partial charge in [-0.3, -0.25) is 0 Å². The number of phenols is 2. The first-order valence-corrected chi connectivity index (χ1v) is 8.38. The van der Waals surface area contributed by atoms with Gasteiger partial charge in [-0.05, 0) is 30.7 Å². The van der Waals surface area contributed by atoms with Gasteiger partial charge in [0.25, 0.3) is 5.79 Å². The van der Waals surface area contributed by atoms with Gasteiger partial charge in [0.1, 0.15) is 0 Å². The van der Waals surface area contributed by atoms with E-state index in [-0.39, 0.29) is 43.8 Å². The summed E-state index contributed by atoms with van der Waals surface area (Å²) in [7, 11) is 0. The zero-order chi connectivity index (χ0) is 20.1. The van der Waals surface area contributed by atoms with Crippen molar-refractivity contribution in [1.82, 2.24) is 0 Å². The van der Waals surface area contributed by atoms with Crippen LogP contribution in [0.2, 0.25) is 0 Å². The van der Waals surface area contributed by atoms with Gasteiger partial charge in [0, 0.05) is 31.8 Å². The van der Waals surface area contributed by atoms with Crippen molar-refractivity contribution in [2.75, 3.05) is 6.61 Å². The number of benzene rings is 1. The quantitative estimate of drug-likeness (QED) is 0.259. The van der Waals surface area contributed by atoms with E-state index in [1.807, 2.05) is 0 Å². The summed E-state index contributed by atoms with van der Waals surface area (Å²) >= 11 is 0. The third kappa shape index (κ3) is 5.87. The highest BCUT2D eigenvalue weighted by atomic mass is 16.8. The van der Waals surface area contributed by atoms with Crippen LogP contribution in [0.25, 0.3) is 6.08 Å². The predicted molar refractivity (Wildman–Crippen MR) is 91.4 cm³/mol. The average molecular weight is 382 g/mol. The van der Waals surface area contributed by atoms with Crippen molar-refractivity contribution in [2.24, 2.45) is 0 Å². The Morgan fingerprint density at radius 3 is 2.33 bits per heavy atom. The molecule has 0 heterocycles. The minimum atomic E-state index is -1.92. The SMILES string of the molecule is CCOC(=O)OC1(OC(=O)/C=C/c2ccc(O)c(O)c2)CCC(O)(O)CC1. The molecule has 0 saturated heterocycles. The summed E-state index contributed by atoms with van der Waals surface area (Å²) in [4.78, 5) is 23.8. The van der Waals surface area contributed by atoms with E-state index in [4.69, 9.17) is 14.2 Å². The maximum absolute atomic E-state index is 12.2. The number of hydrogen-bond donors (Lipinski definition) is 4. The van der Waals surface area contributed by atoms with Crippen LogP contribution in [-0.2, 0) is 19.0 Å². The van der Waals surface area contributed by atoms with Crippen LogP contribution < -0.4 is 0 Å². The molecule has 0 atom stereocenters. The highest BCUT2D eigenvalue weighted by Gasteiger charge is 2.47. The highest BCUT2D eigenvalue weighted by Crippen LogP contribution is 2.37. The Bertz CT molecular complexity index is 714. The number of rotatable bonds is 5. The molecule has 2 rings (SSSR count). The molecule has 0 radical (unpaired) electrons. The molecular weight excluding hydrogens is 360 g/mol. The first kappa shape index (κ1) is 20.5. The van der Waals surface area contributed by atoms with Gasteiger partial charge in [-0.25, -0.2) is 9.59 Å². The minimum absolute atomic E-state index is 0.0665. The van der Waals surface area contributed by atoms with Crippen molar-refractivity contribution in [1.29, 1.82) is 0 Å². The minimum Gasteiger partial charge on any atom is -0.504 e. The van der Waals surface area contributed by atoms with Crippen LogP contribution in [0.15, 0.2) is 24.3 Å². The fraction of sp³-hybridized carbons (Fsp3) is 0.444. The average Bonchev–Trinajstić information content (AvgIpc) is 2.59. The Morgan fingerprint density at radius 1 is 1.07 bits per heavy atom. The fourth-order valence-corrected chi connectivity index (χ4v) is 2.58. The summed E-state index contributed by atoms with van der Waals surface area (Å²) in [6.45, 7) is 1.65. The molecule has 0 aromatic heterocycles. The maximum Gasteiger partial charge on any atom is 0.511 e. The zero-order valence-corrected chi connectivity index (χ0v) is 14.8. The smallest absolute Gasteiger partial charge is 0.504 e. The van der Waals surface area contributed by atoms with Crippen molar-refractivity contribution in [3.05, 3.63) is 29.8 Å². The molecule has 1 aromatic rings. The standard InChI is InChI=1S/C18H22O9/c1-2-25-16(22)27-18(9-7-17(23,24)8-10-18)26-15(21)6-4-12-3-5-13(19)14(20)11-12/h3-6,11,19-20,23-24H,2,7-10H2,1H3/b6-4+. The third-order valence-corrected chi connectivity index (χ3v) is 4.04. The molecule has 27 heavy (non-hydrogen) atoms. The van der Waals surface area contributed by atoms with Crippen LogP contribution >= 0.6 is 0 Å². The van der Waals surface area contributed by atoms with E-state index in [2.05, 4.69) is 0 Å². The van der Waals surface area contributed by atoms with E-state index in [0.29, 0.717) is 5.56 Å². The second-order valence-corrected chi connectivity index (χ2v) is 6.18. The van der Waals surface area contributed by atoms with Gasteiger partial charge < -0.3 is 34.6 Å². The molecule has 1 aliphatic carbocycles. The summed E-state index contributed by atoms with van der Waals surface area (Å²) in [5.41, 5.74) is 0.427. The Balaban J connectivity index is 2.09. The van der Waals surface area contributed by atoms with Gasteiger partial charge >= 0.3 is 12.1 Å². The molecule has 9 nitrogen and oxygen atoms in total. The Hall–Kier alpha value is -2.78. The lowest BCUT2D eigenvalue weighted by atomic mass is 9.89. The molecule has 4 N–H and O–H groups in total. The number of ether oxygens (including phenoxy) is 3. The maximum atomic E-state index is 12.2. The number of carbonyl (C=O) groups is 2. The van der Waals surface area contributed by atoms with Crippen LogP contribution in [0.1, 0.15) is 38.2 Å². The van der Waals surface area contributed by atoms with Gasteiger partial charge in [-0.2, -0.15) is 0 Å². The van der Waals surface area contributed by atoms with Gasteiger partial charge in [0.2, 0.25) is 0 Å². The summed E-state index contributed by atoms with van der Waals surface area (Å²) < 4.78 is 15.1. The van der Waals surface area contributed by atoms with Crippen molar-refractivity contribution < 1.29 is 44.2 Å². The molecule has 1 aliphatic rings. The molecule has 0 spiro atoms. The van der Waals surface area contributed by atoms with Gasteiger partial charge in [-0.1, -0.05) is 6.07 Å². The number of phenolic OH excluding ortho intramolecular Hbond substituents is 2. The number of hydrogen-bond acceptors (Lipinski definition) is 9. The van der Waals surface area contributed by atoms with Gasteiger partial charge in [-0.15, -0.1) is 0 Å². The number of aliphatic hydroxyl groups is 2. The van der Waals surface area contributed by atoms with Crippen LogP contribution in [0.4, 0.5) is 4.79 Å². The largest absolute Gasteiger partial charge is 0.511 e. The third-order valence-electron chi connectivity index (χ3n) is 4.04. The lowest BCUT2D eigenvalue weighted by Gasteiger charge is -2.39. The molecule has 1 saturated carbocycles. The molecule has 9 heteroatoms. The molecule has 0 aliphatic heterocycles. The van der Waals surface area contributed by atoms with E-state index in [0.717, 1.165) is 6.08 Å². The normalized spacial score (nSPS) is 18.0. The van der Waals surface area contributed by atoms with E-state index in [9.17, 15) is 30.0 Å². The van der Waals surface area contributed by atoms with Crippen molar-refractivity contribution in [2.45, 2.75) is 44.2 Å². The molecule has 1 fully saturated rings. The van der Waals surface area contributed by atoms with Gasteiger partial charge in [0.15, 0.2) is 17.3 Å². The molecule has 0 bridgehead atoms. The topological polar surface area (TPSA) is 143 Å². The van der Waals surface area contributed by atoms with E-state index >= 15 is 0 Å². The summed E-state index contributed by atoms with van der Waals surface area (Å²) in [6.07, 6.45) is 0.828. The Kier molecular flexibility index (Phi) is 6.29. The summed E-state index contributed by atoms with van der Waals surface area (Å²) in [6, 6.07) is 3.97. The van der Waals surface area contributed by atoms with E-state index < -0.39 is 23.7 Å². The van der Waals surface area contributed by atoms with Crippen LogP contribution in [-0.4, -0.2) is 50.7 Å². The molecule has 0 amide bonds. The number of carbonyl (C=O) groups excluding carboxylic acids is 2. The van der Waals surface area contributed by atoms with Crippen LogP contribution in [0.3, 0.4) is 0 Å². The molecular formula is C18H22O9. The van der Waals surface area contributed by atoms with Gasteiger partial charge in [0.05, 0.1) is 6.61 Å².